The van der Waals surface area contributed by atoms with E-state index in [0.29, 0.717) is 5.69 Å². The second-order valence-corrected chi connectivity index (χ2v) is 5.55. The Balaban J connectivity index is 1.89. The molecule has 1 aliphatic rings. The van der Waals surface area contributed by atoms with Crippen molar-refractivity contribution in [3.63, 3.8) is 0 Å². The molecule has 0 spiro atoms. The van der Waals surface area contributed by atoms with Crippen LogP contribution in [0.4, 0.5) is 15.3 Å². The van der Waals surface area contributed by atoms with Gasteiger partial charge in [0.25, 0.3) is 0 Å². The maximum Gasteiger partial charge on any atom is 0.319 e. The molecule has 1 aliphatic carbocycles. The second kappa shape index (κ2) is 8.26. The maximum atomic E-state index is 12.2. The van der Waals surface area contributed by atoms with Gasteiger partial charge in [-0.2, -0.15) is 0 Å². The number of ether oxygens (including phenoxy) is 1. The lowest BCUT2D eigenvalue weighted by Crippen LogP contribution is -2.55. The fourth-order valence-corrected chi connectivity index (χ4v) is 2.73. The zero-order chi connectivity index (χ0) is 16.7. The molecule has 7 heteroatoms. The Morgan fingerprint density at radius 3 is 2.09 bits per heavy atom. The van der Waals surface area contributed by atoms with E-state index < -0.39 is 0 Å². The Bertz CT molecular complexity index is 533. The van der Waals surface area contributed by atoms with Gasteiger partial charge >= 0.3 is 12.1 Å². The maximum absolute atomic E-state index is 12.2. The molecule has 1 fully saturated rings. The Morgan fingerprint density at radius 1 is 1.00 bits per heavy atom. The van der Waals surface area contributed by atoms with Gasteiger partial charge in [0.2, 0.25) is 0 Å². The minimum absolute atomic E-state index is 0.0506. The number of benzene rings is 1. The number of carbonyl (C=O) groups is 2. The molecule has 2 atom stereocenters. The van der Waals surface area contributed by atoms with Gasteiger partial charge in [-0.15, -0.1) is 0 Å². The third kappa shape index (κ3) is 5.05. The van der Waals surface area contributed by atoms with Crippen LogP contribution in [0, 0.1) is 0 Å². The van der Waals surface area contributed by atoms with Crippen molar-refractivity contribution in [1.29, 1.82) is 0 Å². The largest absolute Gasteiger partial charge is 0.497 e. The Labute approximate surface area is 136 Å². The molecule has 0 bridgehead atoms. The fraction of sp³-hybridized carbons (Fsp3) is 0.500. The molecule has 23 heavy (non-hydrogen) atoms. The molecule has 1 aromatic carbocycles. The lowest BCUT2D eigenvalue weighted by molar-refractivity contribution is 0.220. The van der Waals surface area contributed by atoms with Gasteiger partial charge in [0, 0.05) is 12.7 Å². The van der Waals surface area contributed by atoms with Crippen LogP contribution in [0.15, 0.2) is 24.3 Å². The van der Waals surface area contributed by atoms with Crippen LogP contribution in [-0.2, 0) is 0 Å². The van der Waals surface area contributed by atoms with Crippen LogP contribution in [0.5, 0.6) is 5.75 Å². The second-order valence-electron chi connectivity index (χ2n) is 5.55. The van der Waals surface area contributed by atoms with E-state index in [1.807, 2.05) is 0 Å². The molecule has 0 radical (unpaired) electrons. The molecule has 1 aromatic rings. The molecule has 2 rings (SSSR count). The smallest absolute Gasteiger partial charge is 0.319 e. The molecule has 2 unspecified atom stereocenters. The number of hydrogen-bond donors (Lipinski definition) is 4. The van der Waals surface area contributed by atoms with Crippen LogP contribution >= 0.6 is 0 Å². The first-order valence-corrected chi connectivity index (χ1v) is 7.82. The van der Waals surface area contributed by atoms with E-state index in [1.165, 1.54) is 0 Å². The highest BCUT2D eigenvalue weighted by molar-refractivity contribution is 5.89. The van der Waals surface area contributed by atoms with Crippen LogP contribution in [0.25, 0.3) is 0 Å². The number of hydrogen-bond acceptors (Lipinski definition) is 3. The molecule has 0 aromatic heterocycles. The first-order valence-electron chi connectivity index (χ1n) is 7.82. The van der Waals surface area contributed by atoms with Gasteiger partial charge in [0.05, 0.1) is 19.2 Å². The number of nitrogens with one attached hydrogen (secondary N) is 4. The van der Waals surface area contributed by atoms with E-state index in [-0.39, 0.29) is 24.1 Å². The molecule has 0 saturated heterocycles. The quantitative estimate of drug-likeness (QED) is 0.684. The van der Waals surface area contributed by atoms with Crippen LogP contribution in [-0.4, -0.2) is 38.3 Å². The predicted molar refractivity (Wildman–Crippen MR) is 88.8 cm³/mol. The number of carbonyl (C=O) groups excluding carboxylic acids is 2. The monoisotopic (exact) mass is 320 g/mol. The molecule has 0 aliphatic heterocycles. The van der Waals surface area contributed by atoms with Gasteiger partial charge in [0.15, 0.2) is 0 Å². The lowest BCUT2D eigenvalue weighted by Gasteiger charge is -2.32. The molecule has 4 amide bonds. The van der Waals surface area contributed by atoms with Gasteiger partial charge in [-0.1, -0.05) is 12.8 Å². The first-order chi connectivity index (χ1) is 11.1. The summed E-state index contributed by atoms with van der Waals surface area (Å²) in [5.74, 6) is 0.734. The van der Waals surface area contributed by atoms with Crippen molar-refractivity contribution in [3.8, 4) is 5.75 Å². The number of urea groups is 2. The summed E-state index contributed by atoms with van der Waals surface area (Å²) in [4.78, 5) is 23.7. The Hall–Kier alpha value is -2.44. The molecule has 4 N–H and O–H groups in total. The molecule has 126 valence electrons. The highest BCUT2D eigenvalue weighted by atomic mass is 16.5. The van der Waals surface area contributed by atoms with Gasteiger partial charge < -0.3 is 26.0 Å². The van der Waals surface area contributed by atoms with E-state index >= 15 is 0 Å². The first kappa shape index (κ1) is 16.9. The highest BCUT2D eigenvalue weighted by Crippen LogP contribution is 2.19. The van der Waals surface area contributed by atoms with E-state index in [0.717, 1.165) is 31.4 Å². The summed E-state index contributed by atoms with van der Waals surface area (Å²) in [7, 11) is 3.18. The minimum atomic E-state index is -0.272. The molecule has 0 heterocycles. The van der Waals surface area contributed by atoms with Gasteiger partial charge in [0.1, 0.15) is 5.75 Å². The van der Waals surface area contributed by atoms with Gasteiger partial charge in [-0.25, -0.2) is 9.59 Å². The SMILES string of the molecule is CNC(=O)NC1CCCCC1NC(=O)Nc1ccc(OC)cc1. The number of methoxy groups -OCH3 is 1. The average molecular weight is 320 g/mol. The van der Waals surface area contributed by atoms with Crippen LogP contribution in [0.1, 0.15) is 25.7 Å². The van der Waals surface area contributed by atoms with E-state index in [1.54, 1.807) is 38.4 Å². The van der Waals surface area contributed by atoms with E-state index in [4.69, 9.17) is 4.74 Å². The summed E-state index contributed by atoms with van der Waals surface area (Å²) in [5, 5.41) is 11.2. The van der Waals surface area contributed by atoms with E-state index in [9.17, 15) is 9.59 Å². The summed E-state index contributed by atoms with van der Waals surface area (Å²) in [6.45, 7) is 0. The summed E-state index contributed by atoms with van der Waals surface area (Å²) in [6, 6.07) is 6.51. The van der Waals surface area contributed by atoms with Crippen LogP contribution in [0.3, 0.4) is 0 Å². The Morgan fingerprint density at radius 2 is 1.57 bits per heavy atom. The van der Waals surface area contributed by atoms with Crippen molar-refractivity contribution in [2.24, 2.45) is 0 Å². The van der Waals surface area contributed by atoms with Crippen molar-refractivity contribution in [1.82, 2.24) is 16.0 Å². The topological polar surface area (TPSA) is 91.5 Å². The third-order valence-electron chi connectivity index (χ3n) is 3.97. The summed E-state index contributed by atoms with van der Waals surface area (Å²) in [6.07, 6.45) is 3.80. The van der Waals surface area contributed by atoms with Crippen molar-refractivity contribution >= 4 is 17.7 Å². The lowest BCUT2D eigenvalue weighted by atomic mass is 9.90. The average Bonchev–Trinajstić information content (AvgIpc) is 2.57. The van der Waals surface area contributed by atoms with E-state index in [2.05, 4.69) is 21.3 Å². The normalized spacial score (nSPS) is 20.3. The standard InChI is InChI=1S/C16H24N4O3/c1-17-15(21)19-13-5-3-4-6-14(13)20-16(22)18-11-7-9-12(23-2)10-8-11/h7-10,13-14H,3-6H2,1-2H3,(H2,17,19,21)(H2,18,20,22). The molecular formula is C16H24N4O3. The Kier molecular flexibility index (Phi) is 6.08. The summed E-state index contributed by atoms with van der Waals surface area (Å²) < 4.78 is 5.08. The summed E-state index contributed by atoms with van der Waals surface area (Å²) in [5.41, 5.74) is 0.690. The van der Waals surface area contributed by atoms with Crippen LogP contribution in [0.2, 0.25) is 0 Å². The number of anilines is 1. The molecule has 1 saturated carbocycles. The number of amides is 4. The highest BCUT2D eigenvalue weighted by Gasteiger charge is 2.27. The minimum Gasteiger partial charge on any atom is -0.497 e. The number of rotatable bonds is 4. The van der Waals surface area contributed by atoms with Gasteiger partial charge in [-0.05, 0) is 37.1 Å². The van der Waals surface area contributed by atoms with Crippen molar-refractivity contribution in [2.75, 3.05) is 19.5 Å². The fourth-order valence-electron chi connectivity index (χ4n) is 2.73. The van der Waals surface area contributed by atoms with Crippen molar-refractivity contribution in [3.05, 3.63) is 24.3 Å². The van der Waals surface area contributed by atoms with Crippen molar-refractivity contribution < 1.29 is 14.3 Å². The van der Waals surface area contributed by atoms with Gasteiger partial charge in [-0.3, -0.25) is 0 Å². The molecule has 7 nitrogen and oxygen atoms in total. The summed E-state index contributed by atoms with van der Waals surface area (Å²) >= 11 is 0. The molecular weight excluding hydrogens is 296 g/mol. The van der Waals surface area contributed by atoms with Crippen molar-refractivity contribution in [2.45, 2.75) is 37.8 Å². The predicted octanol–water partition coefficient (Wildman–Crippen LogP) is 2.06. The van der Waals surface area contributed by atoms with Crippen LogP contribution < -0.4 is 26.0 Å². The third-order valence-corrected chi connectivity index (χ3v) is 3.97. The zero-order valence-electron chi connectivity index (χ0n) is 13.5. The zero-order valence-corrected chi connectivity index (χ0v) is 13.5.